The molecular weight excluding hydrogens is 226 g/mol. The summed E-state index contributed by atoms with van der Waals surface area (Å²) >= 11 is 0. The number of hydrogen-bond donors (Lipinski definition) is 2. The lowest BCUT2D eigenvalue weighted by Gasteiger charge is -2.23. The van der Waals surface area contributed by atoms with Gasteiger partial charge in [0.1, 0.15) is 0 Å². The van der Waals surface area contributed by atoms with Crippen LogP contribution in [0.1, 0.15) is 26.2 Å². The molecule has 0 spiro atoms. The second-order valence-corrected chi connectivity index (χ2v) is 6.18. The van der Waals surface area contributed by atoms with Crippen LogP contribution < -0.4 is 10.0 Å². The topological polar surface area (TPSA) is 61.4 Å². The van der Waals surface area contributed by atoms with Gasteiger partial charge in [0.25, 0.3) is 10.2 Å². The monoisotopic (exact) mass is 249 g/mol. The molecule has 1 aliphatic heterocycles. The highest BCUT2D eigenvalue weighted by atomic mass is 32.2. The van der Waals surface area contributed by atoms with Crippen LogP contribution in [0.15, 0.2) is 0 Å². The molecule has 1 saturated heterocycles. The van der Waals surface area contributed by atoms with Gasteiger partial charge in [-0.3, -0.25) is 0 Å². The van der Waals surface area contributed by atoms with Gasteiger partial charge in [-0.05, 0) is 38.3 Å². The summed E-state index contributed by atoms with van der Waals surface area (Å²) in [4.78, 5) is 0. The third kappa shape index (κ3) is 4.37. The van der Waals surface area contributed by atoms with Crippen molar-refractivity contribution >= 4 is 10.2 Å². The molecule has 1 heterocycles. The van der Waals surface area contributed by atoms with Gasteiger partial charge < -0.3 is 5.32 Å². The maximum atomic E-state index is 11.6. The van der Waals surface area contributed by atoms with Crippen molar-refractivity contribution in [3.05, 3.63) is 0 Å². The van der Waals surface area contributed by atoms with Crippen molar-refractivity contribution in [3.8, 4) is 0 Å². The molecule has 0 saturated carbocycles. The number of nitrogens with one attached hydrogen (secondary N) is 2. The Morgan fingerprint density at radius 1 is 1.50 bits per heavy atom. The predicted molar refractivity (Wildman–Crippen MR) is 65.4 cm³/mol. The van der Waals surface area contributed by atoms with E-state index in [0.29, 0.717) is 19.0 Å². The van der Waals surface area contributed by atoms with Gasteiger partial charge in [-0.2, -0.15) is 12.7 Å². The van der Waals surface area contributed by atoms with Gasteiger partial charge in [0.05, 0.1) is 0 Å². The van der Waals surface area contributed by atoms with E-state index in [1.807, 2.05) is 6.92 Å². The lowest BCUT2D eigenvalue weighted by atomic mass is 9.96. The van der Waals surface area contributed by atoms with E-state index in [1.165, 1.54) is 17.1 Å². The fourth-order valence-corrected chi connectivity index (χ4v) is 2.78. The highest BCUT2D eigenvalue weighted by molar-refractivity contribution is 7.87. The fraction of sp³-hybridized carbons (Fsp3) is 1.00. The van der Waals surface area contributed by atoms with Crippen LogP contribution in [0, 0.1) is 5.92 Å². The number of rotatable bonds is 6. The summed E-state index contributed by atoms with van der Waals surface area (Å²) in [5, 5.41) is 3.33. The van der Waals surface area contributed by atoms with E-state index in [9.17, 15) is 8.42 Å². The predicted octanol–water partition coefficient (Wildman–Crippen LogP) is 0.162. The SMILES string of the molecule is CCN(C)S(=O)(=O)NCCC1CCCNC1. The van der Waals surface area contributed by atoms with E-state index >= 15 is 0 Å². The summed E-state index contributed by atoms with van der Waals surface area (Å²) in [5.41, 5.74) is 0. The summed E-state index contributed by atoms with van der Waals surface area (Å²) < 4.78 is 27.2. The maximum absolute atomic E-state index is 11.6. The van der Waals surface area contributed by atoms with Crippen molar-refractivity contribution in [1.82, 2.24) is 14.3 Å². The summed E-state index contributed by atoms with van der Waals surface area (Å²) in [5.74, 6) is 0.614. The number of nitrogens with zero attached hydrogens (tertiary/aromatic N) is 1. The molecule has 0 aromatic carbocycles. The van der Waals surface area contributed by atoms with E-state index in [-0.39, 0.29) is 0 Å². The molecule has 1 rings (SSSR count). The Morgan fingerprint density at radius 2 is 2.25 bits per heavy atom. The quantitative estimate of drug-likeness (QED) is 0.705. The lowest BCUT2D eigenvalue weighted by molar-refractivity contribution is 0.356. The van der Waals surface area contributed by atoms with Crippen LogP contribution in [0.2, 0.25) is 0 Å². The molecule has 0 bridgehead atoms. The molecule has 0 aliphatic carbocycles. The summed E-state index contributed by atoms with van der Waals surface area (Å²) in [6.07, 6.45) is 3.33. The van der Waals surface area contributed by atoms with Crippen molar-refractivity contribution in [2.45, 2.75) is 26.2 Å². The van der Waals surface area contributed by atoms with Gasteiger partial charge in [-0.25, -0.2) is 4.72 Å². The molecule has 0 radical (unpaired) electrons. The first-order valence-corrected chi connectivity index (χ1v) is 7.42. The summed E-state index contributed by atoms with van der Waals surface area (Å²) in [6.45, 7) is 4.98. The zero-order valence-electron chi connectivity index (χ0n) is 10.2. The number of hydrogen-bond acceptors (Lipinski definition) is 3. The molecule has 0 aromatic rings. The minimum atomic E-state index is -3.25. The van der Waals surface area contributed by atoms with Gasteiger partial charge in [0.15, 0.2) is 0 Å². The van der Waals surface area contributed by atoms with E-state index in [1.54, 1.807) is 7.05 Å². The van der Waals surface area contributed by atoms with Crippen LogP contribution in [-0.4, -0.2) is 45.9 Å². The Hall–Kier alpha value is -0.170. The molecule has 1 unspecified atom stereocenters. The molecule has 1 atom stereocenters. The minimum absolute atomic E-state index is 0.500. The smallest absolute Gasteiger partial charge is 0.279 e. The molecule has 6 heteroatoms. The Balaban J connectivity index is 2.23. The molecular formula is C10H23N3O2S. The molecule has 0 aromatic heterocycles. The van der Waals surface area contributed by atoms with Crippen molar-refractivity contribution < 1.29 is 8.42 Å². The van der Waals surface area contributed by atoms with Crippen molar-refractivity contribution in [1.29, 1.82) is 0 Å². The van der Waals surface area contributed by atoms with Crippen molar-refractivity contribution in [3.63, 3.8) is 0 Å². The van der Waals surface area contributed by atoms with Crippen LogP contribution in [0.5, 0.6) is 0 Å². The van der Waals surface area contributed by atoms with Crippen LogP contribution >= 0.6 is 0 Å². The van der Waals surface area contributed by atoms with Crippen LogP contribution in [-0.2, 0) is 10.2 Å². The van der Waals surface area contributed by atoms with E-state index in [4.69, 9.17) is 0 Å². The maximum Gasteiger partial charge on any atom is 0.279 e. The van der Waals surface area contributed by atoms with Crippen LogP contribution in [0.25, 0.3) is 0 Å². The summed E-state index contributed by atoms with van der Waals surface area (Å²) in [6, 6.07) is 0. The van der Waals surface area contributed by atoms with Crippen molar-refractivity contribution in [2.24, 2.45) is 5.92 Å². The highest BCUT2D eigenvalue weighted by Crippen LogP contribution is 2.13. The second kappa shape index (κ2) is 6.54. The van der Waals surface area contributed by atoms with Gasteiger partial charge in [-0.1, -0.05) is 6.92 Å². The standard InChI is InChI=1S/C10H23N3O2S/c1-3-13(2)16(14,15)12-8-6-10-5-4-7-11-9-10/h10-12H,3-9H2,1-2H3. The first kappa shape index (κ1) is 13.9. The van der Waals surface area contributed by atoms with E-state index < -0.39 is 10.2 Å². The minimum Gasteiger partial charge on any atom is -0.316 e. The highest BCUT2D eigenvalue weighted by Gasteiger charge is 2.17. The molecule has 1 aliphatic rings. The average molecular weight is 249 g/mol. The molecule has 0 amide bonds. The fourth-order valence-electron chi connectivity index (χ4n) is 1.84. The largest absolute Gasteiger partial charge is 0.316 e. The Morgan fingerprint density at radius 3 is 2.81 bits per heavy atom. The second-order valence-electron chi connectivity index (χ2n) is 4.31. The van der Waals surface area contributed by atoms with Gasteiger partial charge >= 0.3 is 0 Å². The Kier molecular flexibility index (Phi) is 5.68. The molecule has 5 nitrogen and oxygen atoms in total. The zero-order chi connectivity index (χ0) is 12.0. The van der Waals surface area contributed by atoms with Crippen molar-refractivity contribution in [2.75, 3.05) is 33.2 Å². The van der Waals surface area contributed by atoms with E-state index in [0.717, 1.165) is 19.5 Å². The number of piperidine rings is 1. The first-order valence-electron chi connectivity index (χ1n) is 5.98. The normalized spacial score (nSPS) is 22.6. The Bertz CT molecular complexity index is 286. The lowest BCUT2D eigenvalue weighted by Crippen LogP contribution is -2.39. The average Bonchev–Trinajstić information content (AvgIpc) is 2.29. The third-order valence-corrected chi connectivity index (χ3v) is 4.74. The van der Waals surface area contributed by atoms with Gasteiger partial charge in [0.2, 0.25) is 0 Å². The summed E-state index contributed by atoms with van der Waals surface area (Å²) in [7, 11) is -1.66. The Labute approximate surface area is 98.8 Å². The first-order chi connectivity index (χ1) is 7.56. The third-order valence-electron chi connectivity index (χ3n) is 3.09. The van der Waals surface area contributed by atoms with Gasteiger partial charge in [0, 0.05) is 20.1 Å². The van der Waals surface area contributed by atoms with Crippen LogP contribution in [0.4, 0.5) is 0 Å². The molecule has 96 valence electrons. The molecule has 2 N–H and O–H groups in total. The molecule has 1 fully saturated rings. The van der Waals surface area contributed by atoms with E-state index in [2.05, 4.69) is 10.0 Å². The molecule has 16 heavy (non-hydrogen) atoms. The van der Waals surface area contributed by atoms with Gasteiger partial charge in [-0.15, -0.1) is 0 Å². The zero-order valence-corrected chi connectivity index (χ0v) is 11.0. The van der Waals surface area contributed by atoms with Crippen LogP contribution in [0.3, 0.4) is 0 Å².